The van der Waals surface area contributed by atoms with Gasteiger partial charge in [0.15, 0.2) is 0 Å². The van der Waals surface area contributed by atoms with Gasteiger partial charge in [-0.25, -0.2) is 0 Å². The molecule has 1 aliphatic heterocycles. The van der Waals surface area contributed by atoms with Crippen LogP contribution in [0.25, 0.3) is 0 Å². The Balaban J connectivity index is 1.82. The number of para-hydroxylation sites is 1. The van der Waals surface area contributed by atoms with Gasteiger partial charge in [-0.3, -0.25) is 0 Å². The van der Waals surface area contributed by atoms with E-state index in [0.29, 0.717) is 19.0 Å². The molecule has 1 N–H and O–H groups in total. The summed E-state index contributed by atoms with van der Waals surface area (Å²) in [5.41, 5.74) is 1.05. The fourth-order valence-electron chi connectivity index (χ4n) is 1.79. The Morgan fingerprint density at radius 2 is 2.12 bits per heavy atom. The topological polar surface area (TPSA) is 38.7 Å². The normalized spacial score (nSPS) is 18.1. The lowest BCUT2D eigenvalue weighted by atomic mass is 9.84. The highest BCUT2D eigenvalue weighted by molar-refractivity contribution is 5.30. The molecule has 0 aliphatic carbocycles. The van der Waals surface area contributed by atoms with E-state index in [2.05, 4.69) is 6.92 Å². The molecule has 0 spiro atoms. The maximum absolute atomic E-state index is 9.56. The van der Waals surface area contributed by atoms with Crippen LogP contribution in [-0.2, 0) is 16.1 Å². The van der Waals surface area contributed by atoms with Crippen molar-refractivity contribution in [2.45, 2.75) is 20.0 Å². The third kappa shape index (κ3) is 2.36. The van der Waals surface area contributed by atoms with Crippen LogP contribution in [0.4, 0.5) is 0 Å². The van der Waals surface area contributed by atoms with E-state index in [1.54, 1.807) is 6.07 Å². The van der Waals surface area contributed by atoms with Crippen molar-refractivity contribution in [3.05, 3.63) is 29.8 Å². The fraction of sp³-hybridized carbons (Fsp3) is 0.538. The second-order valence-corrected chi connectivity index (χ2v) is 4.47. The zero-order valence-electron chi connectivity index (χ0n) is 9.61. The molecule has 1 fully saturated rings. The SMILES string of the molecule is CCC1(COCc2ccccc2O)COC1. The summed E-state index contributed by atoms with van der Waals surface area (Å²) in [6.45, 7) is 4.92. The van der Waals surface area contributed by atoms with Crippen LogP contribution >= 0.6 is 0 Å². The third-order valence-corrected chi connectivity index (χ3v) is 3.22. The molecule has 0 saturated carbocycles. The largest absolute Gasteiger partial charge is 0.508 e. The van der Waals surface area contributed by atoms with Crippen LogP contribution in [0.5, 0.6) is 5.75 Å². The molecule has 1 aromatic rings. The highest BCUT2D eigenvalue weighted by Gasteiger charge is 2.36. The Hall–Kier alpha value is -1.06. The quantitative estimate of drug-likeness (QED) is 0.831. The summed E-state index contributed by atoms with van der Waals surface area (Å²) in [6.07, 6.45) is 1.08. The summed E-state index contributed by atoms with van der Waals surface area (Å²) < 4.78 is 10.9. The van der Waals surface area contributed by atoms with Crippen LogP contribution in [0.1, 0.15) is 18.9 Å². The lowest BCUT2D eigenvalue weighted by Crippen LogP contribution is -2.45. The molecule has 1 aliphatic rings. The van der Waals surface area contributed by atoms with E-state index in [4.69, 9.17) is 9.47 Å². The second-order valence-electron chi connectivity index (χ2n) is 4.47. The molecule has 0 unspecified atom stereocenters. The number of aromatic hydroxyl groups is 1. The van der Waals surface area contributed by atoms with Crippen molar-refractivity contribution in [2.24, 2.45) is 5.41 Å². The van der Waals surface area contributed by atoms with Gasteiger partial charge >= 0.3 is 0 Å². The molecule has 3 nitrogen and oxygen atoms in total. The van der Waals surface area contributed by atoms with Gasteiger partial charge in [0.2, 0.25) is 0 Å². The summed E-state index contributed by atoms with van der Waals surface area (Å²) in [4.78, 5) is 0. The number of hydrogen-bond donors (Lipinski definition) is 1. The van der Waals surface area contributed by atoms with Crippen LogP contribution in [0, 0.1) is 5.41 Å². The van der Waals surface area contributed by atoms with Crippen molar-refractivity contribution < 1.29 is 14.6 Å². The monoisotopic (exact) mass is 222 g/mol. The minimum absolute atomic E-state index is 0.213. The molecule has 1 aromatic carbocycles. The number of ether oxygens (including phenoxy) is 2. The van der Waals surface area contributed by atoms with E-state index in [9.17, 15) is 5.11 Å². The number of phenolic OH excluding ortho intramolecular Hbond substituents is 1. The van der Waals surface area contributed by atoms with E-state index in [0.717, 1.165) is 25.2 Å². The first-order valence-electron chi connectivity index (χ1n) is 5.68. The zero-order valence-corrected chi connectivity index (χ0v) is 9.61. The van der Waals surface area contributed by atoms with Gasteiger partial charge in [-0.05, 0) is 12.5 Å². The third-order valence-electron chi connectivity index (χ3n) is 3.22. The van der Waals surface area contributed by atoms with E-state index < -0.39 is 0 Å². The Bertz CT molecular complexity index is 339. The van der Waals surface area contributed by atoms with Crippen molar-refractivity contribution >= 4 is 0 Å². The van der Waals surface area contributed by atoms with Crippen LogP contribution in [0.15, 0.2) is 24.3 Å². The predicted octanol–water partition coefficient (Wildman–Crippen LogP) is 2.34. The smallest absolute Gasteiger partial charge is 0.121 e. The Morgan fingerprint density at radius 1 is 1.38 bits per heavy atom. The van der Waals surface area contributed by atoms with Gasteiger partial charge in [0.25, 0.3) is 0 Å². The molecule has 0 bridgehead atoms. The molecular weight excluding hydrogens is 204 g/mol. The van der Waals surface area contributed by atoms with Crippen LogP contribution in [-0.4, -0.2) is 24.9 Å². The summed E-state index contributed by atoms with van der Waals surface area (Å²) in [6, 6.07) is 7.28. The van der Waals surface area contributed by atoms with Crippen molar-refractivity contribution in [1.82, 2.24) is 0 Å². The van der Waals surface area contributed by atoms with Crippen molar-refractivity contribution in [3.63, 3.8) is 0 Å². The summed E-state index contributed by atoms with van der Waals surface area (Å²) in [5, 5.41) is 9.56. The Kier molecular flexibility index (Phi) is 3.46. The Labute approximate surface area is 96.0 Å². The van der Waals surface area contributed by atoms with Crippen molar-refractivity contribution in [2.75, 3.05) is 19.8 Å². The molecule has 0 aromatic heterocycles. The van der Waals surface area contributed by atoms with Gasteiger partial charge in [0, 0.05) is 11.0 Å². The zero-order chi connectivity index (χ0) is 11.4. The first-order valence-corrected chi connectivity index (χ1v) is 5.68. The van der Waals surface area contributed by atoms with Crippen LogP contribution in [0.3, 0.4) is 0 Å². The summed E-state index contributed by atoms with van der Waals surface area (Å²) in [5.74, 6) is 0.304. The van der Waals surface area contributed by atoms with Gasteiger partial charge in [-0.1, -0.05) is 25.1 Å². The Morgan fingerprint density at radius 3 is 2.69 bits per heavy atom. The summed E-state index contributed by atoms with van der Waals surface area (Å²) >= 11 is 0. The van der Waals surface area contributed by atoms with Crippen LogP contribution in [0.2, 0.25) is 0 Å². The first-order chi connectivity index (χ1) is 7.76. The van der Waals surface area contributed by atoms with E-state index in [1.165, 1.54) is 0 Å². The van der Waals surface area contributed by atoms with Gasteiger partial charge in [-0.15, -0.1) is 0 Å². The number of rotatable bonds is 5. The van der Waals surface area contributed by atoms with Gasteiger partial charge < -0.3 is 14.6 Å². The average molecular weight is 222 g/mol. The van der Waals surface area contributed by atoms with Crippen molar-refractivity contribution in [3.8, 4) is 5.75 Å². The molecule has 2 rings (SSSR count). The van der Waals surface area contributed by atoms with Gasteiger partial charge in [-0.2, -0.15) is 0 Å². The maximum atomic E-state index is 9.56. The average Bonchev–Trinajstić information content (AvgIpc) is 2.25. The molecule has 0 radical (unpaired) electrons. The second kappa shape index (κ2) is 4.85. The lowest BCUT2D eigenvalue weighted by molar-refractivity contribution is -0.152. The summed E-state index contributed by atoms with van der Waals surface area (Å²) in [7, 11) is 0. The molecular formula is C13H18O3. The maximum Gasteiger partial charge on any atom is 0.121 e. The number of hydrogen-bond acceptors (Lipinski definition) is 3. The molecule has 1 saturated heterocycles. The molecule has 88 valence electrons. The highest BCUT2D eigenvalue weighted by Crippen LogP contribution is 2.31. The molecule has 0 atom stereocenters. The number of benzene rings is 1. The van der Waals surface area contributed by atoms with E-state index in [-0.39, 0.29) is 5.41 Å². The minimum atomic E-state index is 0.213. The van der Waals surface area contributed by atoms with Gasteiger partial charge in [0.1, 0.15) is 5.75 Å². The lowest BCUT2D eigenvalue weighted by Gasteiger charge is -2.40. The molecule has 3 heteroatoms. The number of phenols is 1. The molecule has 1 heterocycles. The standard InChI is InChI=1S/C13H18O3/c1-2-13(9-16-10-13)8-15-7-11-5-3-4-6-12(11)14/h3-6,14H,2,7-10H2,1H3. The fourth-order valence-corrected chi connectivity index (χ4v) is 1.79. The molecule has 16 heavy (non-hydrogen) atoms. The first kappa shape index (κ1) is 11.4. The van der Waals surface area contributed by atoms with Gasteiger partial charge in [0.05, 0.1) is 26.4 Å². The predicted molar refractivity (Wildman–Crippen MR) is 61.3 cm³/mol. The van der Waals surface area contributed by atoms with Crippen molar-refractivity contribution in [1.29, 1.82) is 0 Å². The highest BCUT2D eigenvalue weighted by atomic mass is 16.5. The van der Waals surface area contributed by atoms with Crippen LogP contribution < -0.4 is 0 Å². The minimum Gasteiger partial charge on any atom is -0.508 e. The molecule has 0 amide bonds. The van der Waals surface area contributed by atoms with E-state index in [1.807, 2.05) is 18.2 Å². The van der Waals surface area contributed by atoms with E-state index >= 15 is 0 Å².